The van der Waals surface area contributed by atoms with Gasteiger partial charge >= 0.3 is 0 Å². The molecule has 2 atom stereocenters. The van der Waals surface area contributed by atoms with Gasteiger partial charge in [0, 0.05) is 60.7 Å². The van der Waals surface area contributed by atoms with Gasteiger partial charge in [-0.05, 0) is 82.9 Å². The first-order valence-corrected chi connectivity index (χ1v) is 14.1. The standard InChI is InChI=1S/C11H16BrN3O2S.C6H7BrN2O.C4H11NO.CCl2S/c1-7(3-4-16)13-11(18)14-9-5-8(12)6-15(2)10(9)17;1-9-3-4(7)2-5(8)6(9)10;1-4(5)2-3-6;2-1(3)4/h5-7,16H,3-4H2,1-2H3,(H2,13,14,18);2-3H,8H2,1H3;4,6H,2-3,5H2,1H3;. The lowest BCUT2D eigenvalue weighted by molar-refractivity contribution is 0.275. The minimum Gasteiger partial charge on any atom is -0.396 e. The number of nitrogens with two attached hydrogens (primary N) is 2. The first-order valence-electron chi connectivity index (χ1n) is 10.9. The van der Waals surface area contributed by atoms with Gasteiger partial charge in [0.15, 0.2) is 8.90 Å². The number of nitrogens with one attached hydrogen (secondary N) is 2. The number of halogens is 4. The Bertz CT molecular complexity index is 1110. The zero-order chi connectivity index (χ0) is 30.0. The second-order valence-electron chi connectivity index (χ2n) is 7.74. The van der Waals surface area contributed by atoms with E-state index in [1.807, 2.05) is 13.8 Å². The third-order valence-electron chi connectivity index (χ3n) is 4.10. The van der Waals surface area contributed by atoms with Gasteiger partial charge in [-0.3, -0.25) is 9.59 Å². The van der Waals surface area contributed by atoms with Gasteiger partial charge in [-0.15, -0.1) is 0 Å². The summed E-state index contributed by atoms with van der Waals surface area (Å²) in [5.74, 6) is 0. The Balaban J connectivity index is 0. The van der Waals surface area contributed by atoms with Crippen molar-refractivity contribution in [3.8, 4) is 0 Å². The van der Waals surface area contributed by atoms with Crippen LogP contribution in [0.5, 0.6) is 0 Å². The molecule has 0 aliphatic heterocycles. The third kappa shape index (κ3) is 19.9. The maximum Gasteiger partial charge on any atom is 0.274 e. The molecule has 0 saturated carbocycles. The molecule has 0 aliphatic carbocycles. The van der Waals surface area contributed by atoms with Crippen molar-refractivity contribution in [2.45, 2.75) is 38.8 Å². The summed E-state index contributed by atoms with van der Waals surface area (Å²) in [5, 5.41) is 23.2. The summed E-state index contributed by atoms with van der Waals surface area (Å²) in [4.78, 5) is 22.8. The Morgan fingerprint density at radius 2 is 1.45 bits per heavy atom. The normalized spacial score (nSPS) is 11.2. The highest BCUT2D eigenvalue weighted by Gasteiger charge is 2.07. The number of aliphatic hydroxyl groups excluding tert-OH is 2. The highest BCUT2D eigenvalue weighted by molar-refractivity contribution is 9.10. The first kappa shape index (κ1) is 39.0. The minimum absolute atomic E-state index is 0.0472. The van der Waals surface area contributed by atoms with E-state index in [1.165, 1.54) is 9.13 Å². The van der Waals surface area contributed by atoms with Crippen LogP contribution in [0.3, 0.4) is 0 Å². The van der Waals surface area contributed by atoms with Gasteiger partial charge in [-0.1, -0.05) is 35.4 Å². The molecular formula is C22H34Br2Cl2N6O4S2. The summed E-state index contributed by atoms with van der Waals surface area (Å²) < 4.78 is 4.44. The second kappa shape index (κ2) is 21.7. The molecule has 38 heavy (non-hydrogen) atoms. The van der Waals surface area contributed by atoms with Crippen LogP contribution in [0, 0.1) is 0 Å². The van der Waals surface area contributed by atoms with Crippen molar-refractivity contribution in [1.82, 2.24) is 14.5 Å². The largest absolute Gasteiger partial charge is 0.396 e. The van der Waals surface area contributed by atoms with Gasteiger partial charge in [-0.2, -0.15) is 0 Å². The first-order chi connectivity index (χ1) is 17.5. The van der Waals surface area contributed by atoms with E-state index in [-0.39, 0.29) is 45.9 Å². The molecule has 0 aliphatic rings. The lowest BCUT2D eigenvalue weighted by Crippen LogP contribution is -2.38. The Hall–Kier alpha value is -1.10. The fourth-order valence-electron chi connectivity index (χ4n) is 2.31. The van der Waals surface area contributed by atoms with Crippen LogP contribution < -0.4 is 33.2 Å². The number of pyridine rings is 2. The van der Waals surface area contributed by atoms with Crippen molar-refractivity contribution in [2.75, 3.05) is 24.3 Å². The number of anilines is 2. The molecule has 0 aromatic carbocycles. The predicted octanol–water partition coefficient (Wildman–Crippen LogP) is 3.40. The van der Waals surface area contributed by atoms with Crippen LogP contribution in [0.1, 0.15) is 26.7 Å². The molecule has 0 bridgehead atoms. The summed E-state index contributed by atoms with van der Waals surface area (Å²) in [6, 6.07) is 3.45. The summed E-state index contributed by atoms with van der Waals surface area (Å²) in [6.45, 7) is 4.08. The average Bonchev–Trinajstić information content (AvgIpc) is 2.76. The number of rotatable bonds is 6. The summed E-state index contributed by atoms with van der Waals surface area (Å²) in [7, 11) is 3.33. The van der Waals surface area contributed by atoms with Crippen LogP contribution >= 0.6 is 79.5 Å². The van der Waals surface area contributed by atoms with Crippen LogP contribution in [-0.2, 0) is 14.1 Å². The Morgan fingerprint density at radius 1 is 1.00 bits per heavy atom. The van der Waals surface area contributed by atoms with Crippen LogP contribution in [0.15, 0.2) is 43.1 Å². The van der Waals surface area contributed by atoms with E-state index in [0.717, 1.165) is 8.95 Å². The van der Waals surface area contributed by atoms with E-state index in [1.54, 1.807) is 38.6 Å². The van der Waals surface area contributed by atoms with Gasteiger partial charge in [-0.25, -0.2) is 0 Å². The van der Waals surface area contributed by atoms with E-state index in [9.17, 15) is 9.59 Å². The molecule has 2 aromatic heterocycles. The van der Waals surface area contributed by atoms with Crippen molar-refractivity contribution in [1.29, 1.82) is 0 Å². The molecule has 0 amide bonds. The third-order valence-corrected chi connectivity index (χ3v) is 5.19. The van der Waals surface area contributed by atoms with Crippen LogP contribution in [0.2, 0.25) is 0 Å². The molecule has 2 heterocycles. The maximum atomic E-state index is 11.8. The molecule has 0 radical (unpaired) electrons. The zero-order valence-electron chi connectivity index (χ0n) is 21.4. The van der Waals surface area contributed by atoms with E-state index >= 15 is 0 Å². The molecule has 16 heteroatoms. The number of nitrogen functional groups attached to an aromatic ring is 1. The number of nitrogens with zero attached hydrogens (tertiary/aromatic N) is 2. The van der Waals surface area contributed by atoms with Crippen molar-refractivity contribution >= 4 is 99.8 Å². The number of hydrogen-bond donors (Lipinski definition) is 6. The van der Waals surface area contributed by atoms with Gasteiger partial charge < -0.3 is 41.4 Å². The molecule has 2 rings (SSSR count). The lowest BCUT2D eigenvalue weighted by Gasteiger charge is -2.16. The molecular weight excluding hydrogens is 707 g/mol. The lowest BCUT2D eigenvalue weighted by atomic mass is 10.2. The Labute approximate surface area is 259 Å². The monoisotopic (exact) mass is 738 g/mol. The highest BCUT2D eigenvalue weighted by Crippen LogP contribution is 2.11. The van der Waals surface area contributed by atoms with Crippen LogP contribution in [-0.4, -0.2) is 53.5 Å². The van der Waals surface area contributed by atoms with Gasteiger partial charge in [0.2, 0.25) is 0 Å². The maximum absolute atomic E-state index is 11.8. The number of hydrogen-bond acceptors (Lipinski definition) is 8. The van der Waals surface area contributed by atoms with Crippen molar-refractivity contribution in [3.63, 3.8) is 0 Å². The molecule has 8 N–H and O–H groups in total. The fraction of sp³-hybridized carbons (Fsp3) is 0.455. The highest BCUT2D eigenvalue weighted by atomic mass is 79.9. The SMILES string of the molecule is CC(CCO)NC(=S)Nc1cc(Br)cn(C)c1=O.CC(N)CCO.Cn1cc(Br)cc(N)c1=O.S=C(Cl)Cl. The van der Waals surface area contributed by atoms with E-state index in [0.29, 0.717) is 23.6 Å². The molecule has 0 saturated heterocycles. The van der Waals surface area contributed by atoms with Crippen molar-refractivity contribution in [2.24, 2.45) is 19.8 Å². The molecule has 2 aromatic rings. The smallest absolute Gasteiger partial charge is 0.274 e. The second-order valence-corrected chi connectivity index (χ2v) is 11.8. The Kier molecular flexibility index (Phi) is 22.3. The minimum atomic E-state index is -0.164. The average molecular weight is 741 g/mol. The molecule has 216 valence electrons. The van der Waals surface area contributed by atoms with Crippen LogP contribution in [0.25, 0.3) is 0 Å². The zero-order valence-corrected chi connectivity index (χ0v) is 27.7. The predicted molar refractivity (Wildman–Crippen MR) is 173 cm³/mol. The quantitative estimate of drug-likeness (QED) is 0.192. The van der Waals surface area contributed by atoms with Crippen molar-refractivity contribution < 1.29 is 10.2 Å². The number of thiocarbonyl (C=S) groups is 2. The number of aromatic nitrogens is 2. The summed E-state index contributed by atoms with van der Waals surface area (Å²) in [6.07, 6.45) is 4.65. The van der Waals surface area contributed by atoms with E-state index < -0.39 is 0 Å². The van der Waals surface area contributed by atoms with Crippen molar-refractivity contribution in [3.05, 3.63) is 54.2 Å². The molecule has 0 fully saturated rings. The van der Waals surface area contributed by atoms with Gasteiger partial charge in [0.1, 0.15) is 5.69 Å². The van der Waals surface area contributed by atoms with Gasteiger partial charge in [0.25, 0.3) is 11.1 Å². The fourth-order valence-corrected chi connectivity index (χ4v) is 3.71. The molecule has 0 spiro atoms. The van der Waals surface area contributed by atoms with E-state index in [2.05, 4.69) is 54.7 Å². The topological polar surface area (TPSA) is 161 Å². The van der Waals surface area contributed by atoms with E-state index in [4.69, 9.17) is 57.1 Å². The van der Waals surface area contributed by atoms with Gasteiger partial charge in [0.05, 0.1) is 5.69 Å². The molecule has 10 nitrogen and oxygen atoms in total. The number of aliphatic hydroxyl groups is 2. The van der Waals surface area contributed by atoms with Crippen LogP contribution in [0.4, 0.5) is 11.4 Å². The number of aryl methyl sites for hydroxylation is 2. The summed E-state index contributed by atoms with van der Waals surface area (Å²) >= 11 is 25.2. The Morgan fingerprint density at radius 3 is 1.84 bits per heavy atom. The summed E-state index contributed by atoms with van der Waals surface area (Å²) in [5.41, 5.74) is 10.9. The molecule has 2 unspecified atom stereocenters.